The molecule has 0 aliphatic carbocycles. The number of hydrogen-bond acceptors (Lipinski definition) is 2. The van der Waals surface area contributed by atoms with Crippen molar-refractivity contribution in [3.8, 4) is 11.5 Å². The van der Waals surface area contributed by atoms with Crippen LogP contribution in [-0.4, -0.2) is 14.2 Å². The molecule has 1 aromatic carbocycles. The van der Waals surface area contributed by atoms with Crippen LogP contribution in [0.15, 0.2) is 16.6 Å². The second-order valence-corrected chi connectivity index (χ2v) is 6.29. The summed E-state index contributed by atoms with van der Waals surface area (Å²) in [5.41, 5.74) is 1.08. The highest BCUT2D eigenvalue weighted by Crippen LogP contribution is 2.43. The largest absolute Gasteiger partial charge is 0.493 e. The van der Waals surface area contributed by atoms with Gasteiger partial charge in [0.1, 0.15) is 0 Å². The van der Waals surface area contributed by atoms with Gasteiger partial charge in [0.15, 0.2) is 11.5 Å². The first-order chi connectivity index (χ1) is 9.58. The van der Waals surface area contributed by atoms with Crippen molar-refractivity contribution in [2.24, 2.45) is 5.92 Å². The summed E-state index contributed by atoms with van der Waals surface area (Å²) < 4.78 is 11.7. The lowest BCUT2D eigenvalue weighted by molar-refractivity contribution is 0.353. The molecule has 0 aliphatic heterocycles. The number of benzene rings is 1. The predicted octanol–water partition coefficient (Wildman–Crippen LogP) is 5.96. The van der Waals surface area contributed by atoms with Gasteiger partial charge in [-0.3, -0.25) is 0 Å². The SMILES string of the molecule is CCCC(CCC)C(Cl)c1cc(OC)c(OC)cc1Br. The fourth-order valence-electron chi connectivity index (χ4n) is 2.51. The number of hydrogen-bond donors (Lipinski definition) is 0. The van der Waals surface area contributed by atoms with E-state index in [9.17, 15) is 0 Å². The van der Waals surface area contributed by atoms with E-state index in [1.165, 1.54) is 0 Å². The molecule has 0 fully saturated rings. The van der Waals surface area contributed by atoms with E-state index in [1.807, 2.05) is 12.1 Å². The maximum absolute atomic E-state index is 6.73. The lowest BCUT2D eigenvalue weighted by Gasteiger charge is -2.23. The van der Waals surface area contributed by atoms with Gasteiger partial charge in [0.25, 0.3) is 0 Å². The Labute approximate surface area is 135 Å². The second-order valence-electron chi connectivity index (χ2n) is 4.97. The average Bonchev–Trinajstić information content (AvgIpc) is 2.46. The van der Waals surface area contributed by atoms with Crippen molar-refractivity contribution in [2.45, 2.75) is 44.9 Å². The van der Waals surface area contributed by atoms with Gasteiger partial charge >= 0.3 is 0 Å². The molecular weight excluding hydrogens is 340 g/mol. The molecule has 0 radical (unpaired) electrons. The van der Waals surface area contributed by atoms with Gasteiger partial charge in [-0.15, -0.1) is 11.6 Å². The topological polar surface area (TPSA) is 18.5 Å². The average molecular weight is 364 g/mol. The first-order valence-corrected chi connectivity index (χ1v) is 8.37. The summed E-state index contributed by atoms with van der Waals surface area (Å²) in [6, 6.07) is 3.91. The summed E-state index contributed by atoms with van der Waals surface area (Å²) in [7, 11) is 3.29. The Kier molecular flexibility index (Phi) is 7.75. The monoisotopic (exact) mass is 362 g/mol. The van der Waals surface area contributed by atoms with Gasteiger partial charge in [-0.05, 0) is 36.5 Å². The minimum Gasteiger partial charge on any atom is -0.493 e. The van der Waals surface area contributed by atoms with E-state index in [0.717, 1.165) is 47.2 Å². The third kappa shape index (κ3) is 4.29. The smallest absolute Gasteiger partial charge is 0.161 e. The van der Waals surface area contributed by atoms with Gasteiger partial charge in [-0.25, -0.2) is 0 Å². The van der Waals surface area contributed by atoms with Crippen molar-refractivity contribution in [1.29, 1.82) is 0 Å². The van der Waals surface area contributed by atoms with Crippen LogP contribution in [0.5, 0.6) is 11.5 Å². The van der Waals surface area contributed by atoms with Gasteiger partial charge in [-0.2, -0.15) is 0 Å². The summed E-state index contributed by atoms with van der Waals surface area (Å²) in [5, 5.41) is -0.0101. The molecule has 2 nitrogen and oxygen atoms in total. The zero-order valence-corrected chi connectivity index (χ0v) is 15.1. The highest BCUT2D eigenvalue weighted by atomic mass is 79.9. The lowest BCUT2D eigenvalue weighted by Crippen LogP contribution is -2.09. The van der Waals surface area contributed by atoms with Crippen molar-refractivity contribution >= 4 is 27.5 Å². The molecule has 20 heavy (non-hydrogen) atoms. The Morgan fingerprint density at radius 2 is 1.55 bits per heavy atom. The third-order valence-corrected chi connectivity index (χ3v) is 4.81. The van der Waals surface area contributed by atoms with Crippen LogP contribution in [0.2, 0.25) is 0 Å². The van der Waals surface area contributed by atoms with Gasteiger partial charge in [-0.1, -0.05) is 42.6 Å². The summed E-state index contributed by atoms with van der Waals surface area (Å²) in [4.78, 5) is 0. The molecule has 4 heteroatoms. The molecule has 0 heterocycles. The maximum Gasteiger partial charge on any atom is 0.161 e. The Bertz CT molecular complexity index is 417. The molecule has 114 valence electrons. The lowest BCUT2D eigenvalue weighted by atomic mass is 9.90. The molecule has 1 rings (SSSR count). The van der Waals surface area contributed by atoms with Crippen LogP contribution in [0.3, 0.4) is 0 Å². The van der Waals surface area contributed by atoms with Crippen molar-refractivity contribution in [3.05, 3.63) is 22.2 Å². The van der Waals surface area contributed by atoms with Crippen LogP contribution in [0, 0.1) is 5.92 Å². The summed E-state index contributed by atoms with van der Waals surface area (Å²) >= 11 is 10.3. The fourth-order valence-corrected chi connectivity index (χ4v) is 3.65. The van der Waals surface area contributed by atoms with E-state index in [2.05, 4.69) is 29.8 Å². The molecule has 0 saturated heterocycles. The van der Waals surface area contributed by atoms with E-state index in [-0.39, 0.29) is 5.38 Å². The van der Waals surface area contributed by atoms with Crippen molar-refractivity contribution in [1.82, 2.24) is 0 Å². The van der Waals surface area contributed by atoms with Crippen molar-refractivity contribution < 1.29 is 9.47 Å². The minimum atomic E-state index is -0.0101. The predicted molar refractivity (Wildman–Crippen MR) is 89.1 cm³/mol. The maximum atomic E-state index is 6.73. The van der Waals surface area contributed by atoms with Gasteiger partial charge in [0, 0.05) is 4.47 Å². The Hall–Kier alpha value is -0.410. The Morgan fingerprint density at radius 3 is 2.00 bits per heavy atom. The van der Waals surface area contributed by atoms with Crippen LogP contribution in [0.4, 0.5) is 0 Å². The van der Waals surface area contributed by atoms with E-state index < -0.39 is 0 Å². The van der Waals surface area contributed by atoms with E-state index in [0.29, 0.717) is 5.92 Å². The number of alkyl halides is 1. The summed E-state index contributed by atoms with van der Waals surface area (Å²) in [6.45, 7) is 4.41. The van der Waals surface area contributed by atoms with Gasteiger partial charge in [0.05, 0.1) is 19.6 Å². The second kappa shape index (κ2) is 8.78. The Morgan fingerprint density at radius 1 is 1.05 bits per heavy atom. The molecule has 1 unspecified atom stereocenters. The summed E-state index contributed by atoms with van der Waals surface area (Å²) in [6.07, 6.45) is 4.59. The highest BCUT2D eigenvalue weighted by molar-refractivity contribution is 9.10. The minimum absolute atomic E-state index is 0.0101. The fraction of sp³-hybridized carbons (Fsp3) is 0.625. The quantitative estimate of drug-likeness (QED) is 0.530. The standard InChI is InChI=1S/C16H24BrClO2/c1-5-7-11(8-6-2)16(18)12-9-14(19-3)15(20-4)10-13(12)17/h9-11,16H,5-8H2,1-4H3. The molecule has 0 bridgehead atoms. The molecule has 0 N–H and O–H groups in total. The van der Waals surface area contributed by atoms with Crippen LogP contribution in [-0.2, 0) is 0 Å². The van der Waals surface area contributed by atoms with E-state index in [1.54, 1.807) is 14.2 Å². The van der Waals surface area contributed by atoms with Gasteiger partial charge in [0.2, 0.25) is 0 Å². The Balaban J connectivity index is 3.09. The summed E-state index contributed by atoms with van der Waals surface area (Å²) in [5.74, 6) is 1.93. The normalized spacial score (nSPS) is 12.6. The zero-order chi connectivity index (χ0) is 15.1. The first kappa shape index (κ1) is 17.6. The third-order valence-electron chi connectivity index (χ3n) is 3.53. The van der Waals surface area contributed by atoms with E-state index in [4.69, 9.17) is 21.1 Å². The van der Waals surface area contributed by atoms with Gasteiger partial charge < -0.3 is 9.47 Å². The van der Waals surface area contributed by atoms with Crippen molar-refractivity contribution in [2.75, 3.05) is 14.2 Å². The van der Waals surface area contributed by atoms with Crippen LogP contribution in [0.1, 0.15) is 50.5 Å². The van der Waals surface area contributed by atoms with Crippen LogP contribution >= 0.6 is 27.5 Å². The number of ether oxygens (including phenoxy) is 2. The molecule has 0 spiro atoms. The molecule has 0 saturated carbocycles. The molecule has 1 aromatic rings. The van der Waals surface area contributed by atoms with E-state index >= 15 is 0 Å². The van der Waals surface area contributed by atoms with Crippen LogP contribution < -0.4 is 9.47 Å². The molecular formula is C16H24BrClO2. The first-order valence-electron chi connectivity index (χ1n) is 7.14. The van der Waals surface area contributed by atoms with Crippen LogP contribution in [0.25, 0.3) is 0 Å². The highest BCUT2D eigenvalue weighted by Gasteiger charge is 2.23. The molecule has 0 amide bonds. The molecule has 0 aliphatic rings. The number of halogens is 2. The molecule has 1 atom stereocenters. The number of methoxy groups -OCH3 is 2. The number of rotatable bonds is 8. The molecule has 0 aromatic heterocycles. The van der Waals surface area contributed by atoms with Crippen molar-refractivity contribution in [3.63, 3.8) is 0 Å². The zero-order valence-electron chi connectivity index (χ0n) is 12.7.